The summed E-state index contributed by atoms with van der Waals surface area (Å²) in [4.78, 5) is 10.6. The number of esters is 1. The van der Waals surface area contributed by atoms with E-state index >= 15 is 0 Å². The fourth-order valence-corrected chi connectivity index (χ4v) is 1.67. The van der Waals surface area contributed by atoms with E-state index in [2.05, 4.69) is 0 Å². The van der Waals surface area contributed by atoms with Crippen molar-refractivity contribution in [1.29, 1.82) is 0 Å². The Kier molecular flexibility index (Phi) is 2.62. The number of carbonyl (C=O) groups is 1. The molecule has 1 saturated heterocycles. The maximum absolute atomic E-state index is 11.4. The number of carbonyl (C=O) groups excluding carboxylic acids is 1. The zero-order valence-corrected chi connectivity index (χ0v) is 8.85. The van der Waals surface area contributed by atoms with Crippen LogP contribution in [-0.2, 0) is 9.53 Å². The van der Waals surface area contributed by atoms with Crippen molar-refractivity contribution in [2.24, 2.45) is 5.73 Å². The molecule has 0 aromatic rings. The average molecular weight is 205 g/mol. The number of aliphatic hydroxyl groups is 1. The van der Waals surface area contributed by atoms with Crippen LogP contribution in [0.5, 0.6) is 0 Å². The van der Waals surface area contributed by atoms with Gasteiger partial charge in [0.1, 0.15) is 15.7 Å². The van der Waals surface area contributed by atoms with Crippen molar-refractivity contribution in [2.75, 3.05) is 6.61 Å². The molecule has 1 heterocycles. The molecule has 1 aliphatic heterocycles. The maximum Gasteiger partial charge on any atom is 0.322 e. The Labute approximate surface area is 81.8 Å². The summed E-state index contributed by atoms with van der Waals surface area (Å²) in [5.74, 6) is -0.339. The molecule has 0 spiro atoms. The Bertz CT molecular complexity index is 226. The van der Waals surface area contributed by atoms with E-state index in [1.165, 1.54) is 11.8 Å². The molecule has 0 amide bonds. The Morgan fingerprint density at radius 2 is 2.23 bits per heavy atom. The molecule has 0 aliphatic carbocycles. The van der Waals surface area contributed by atoms with E-state index in [1.807, 2.05) is 0 Å². The minimum Gasteiger partial charge on any atom is -0.459 e. The molecule has 0 aromatic carbocycles. The Hall–Kier alpha value is -0.260. The van der Waals surface area contributed by atoms with E-state index in [4.69, 9.17) is 15.6 Å². The van der Waals surface area contributed by atoms with Crippen molar-refractivity contribution < 1.29 is 14.6 Å². The summed E-state index contributed by atoms with van der Waals surface area (Å²) < 4.78 is 5.11. The van der Waals surface area contributed by atoms with Gasteiger partial charge in [0.25, 0.3) is 0 Å². The van der Waals surface area contributed by atoms with Gasteiger partial charge in [0, 0.05) is 0 Å². The van der Waals surface area contributed by atoms with Crippen molar-refractivity contribution in [3.8, 4) is 0 Å². The molecule has 1 rings (SSSR count). The lowest BCUT2D eigenvalue weighted by molar-refractivity contribution is -0.153. The molecule has 1 aliphatic rings. The monoisotopic (exact) mass is 205 g/mol. The first-order valence-electron chi connectivity index (χ1n) is 4.09. The molecular weight excluding hydrogens is 190 g/mol. The number of hydrogen-bond donors (Lipinski definition) is 2. The zero-order chi connectivity index (χ0) is 10.3. The lowest BCUT2D eigenvalue weighted by Gasteiger charge is -2.19. The quantitative estimate of drug-likeness (QED) is 0.494. The largest absolute Gasteiger partial charge is 0.459 e. The third-order valence-corrected chi connectivity index (χ3v) is 2.99. The second kappa shape index (κ2) is 3.15. The summed E-state index contributed by atoms with van der Waals surface area (Å²) in [7, 11) is 0. The standard InChI is InChI=1S/C8H15NO3S/c1-7(2,3)12-6(11)5-8(9,4-10)13-5/h5,10H,4,9H2,1-3H3/t5?,8-/m0/s1. The third kappa shape index (κ3) is 2.59. The van der Waals surface area contributed by atoms with Crippen molar-refractivity contribution in [1.82, 2.24) is 0 Å². The van der Waals surface area contributed by atoms with E-state index in [0.29, 0.717) is 0 Å². The van der Waals surface area contributed by atoms with E-state index in [1.54, 1.807) is 20.8 Å². The summed E-state index contributed by atoms with van der Waals surface area (Å²) in [5.41, 5.74) is 5.13. The molecule has 0 bridgehead atoms. The topological polar surface area (TPSA) is 72.5 Å². The molecule has 1 unspecified atom stereocenters. The predicted octanol–water partition coefficient (Wildman–Crippen LogP) is 0.0908. The van der Waals surface area contributed by atoms with Crippen LogP contribution in [0.3, 0.4) is 0 Å². The maximum atomic E-state index is 11.4. The third-order valence-electron chi connectivity index (χ3n) is 1.59. The van der Waals surface area contributed by atoms with Crippen LogP contribution in [0.4, 0.5) is 0 Å². The summed E-state index contributed by atoms with van der Waals surface area (Å²) in [6, 6.07) is 0. The number of rotatable bonds is 2. The number of thioether (sulfide) groups is 1. The van der Waals surface area contributed by atoms with E-state index in [9.17, 15) is 4.79 Å². The van der Waals surface area contributed by atoms with Gasteiger partial charge < -0.3 is 15.6 Å². The first-order chi connectivity index (χ1) is 5.78. The normalized spacial score (nSPS) is 32.8. The van der Waals surface area contributed by atoms with Crippen molar-refractivity contribution in [2.45, 2.75) is 36.5 Å². The molecule has 76 valence electrons. The van der Waals surface area contributed by atoms with Gasteiger partial charge in [-0.1, -0.05) is 0 Å². The first kappa shape index (κ1) is 10.8. The average Bonchev–Trinajstić information content (AvgIpc) is 2.60. The van der Waals surface area contributed by atoms with Gasteiger partial charge >= 0.3 is 5.97 Å². The van der Waals surface area contributed by atoms with Crippen LogP contribution >= 0.6 is 11.8 Å². The van der Waals surface area contributed by atoms with Crippen LogP contribution in [0.2, 0.25) is 0 Å². The van der Waals surface area contributed by atoms with Crippen LogP contribution < -0.4 is 5.73 Å². The lowest BCUT2D eigenvalue weighted by atomic mass is 10.2. The van der Waals surface area contributed by atoms with Gasteiger partial charge in [0.15, 0.2) is 0 Å². The molecule has 0 aromatic heterocycles. The van der Waals surface area contributed by atoms with Gasteiger partial charge in [-0.2, -0.15) is 0 Å². The highest BCUT2D eigenvalue weighted by Gasteiger charge is 2.58. The number of ether oxygens (including phenoxy) is 1. The minimum absolute atomic E-state index is 0.193. The van der Waals surface area contributed by atoms with Crippen molar-refractivity contribution in [3.05, 3.63) is 0 Å². The number of hydrogen-bond acceptors (Lipinski definition) is 5. The summed E-state index contributed by atoms with van der Waals surface area (Å²) in [5, 5.41) is 8.42. The highest BCUT2D eigenvalue weighted by molar-refractivity contribution is 8.09. The van der Waals surface area contributed by atoms with Gasteiger partial charge in [-0.05, 0) is 20.8 Å². The van der Waals surface area contributed by atoms with Crippen molar-refractivity contribution in [3.63, 3.8) is 0 Å². The summed E-state index contributed by atoms with van der Waals surface area (Å²) >= 11 is 1.24. The smallest absolute Gasteiger partial charge is 0.322 e. The zero-order valence-electron chi connectivity index (χ0n) is 8.03. The van der Waals surface area contributed by atoms with E-state index < -0.39 is 15.7 Å². The fraction of sp³-hybridized carbons (Fsp3) is 0.875. The molecule has 0 saturated carbocycles. The number of nitrogens with two attached hydrogens (primary N) is 1. The molecule has 3 N–H and O–H groups in total. The second-order valence-corrected chi connectivity index (χ2v) is 5.61. The molecule has 13 heavy (non-hydrogen) atoms. The molecule has 1 fully saturated rings. The predicted molar refractivity (Wildman–Crippen MR) is 51.2 cm³/mol. The SMILES string of the molecule is CC(C)(C)OC(=O)C1S[C@@]1(N)CO. The summed E-state index contributed by atoms with van der Waals surface area (Å²) in [6.45, 7) is 5.21. The minimum atomic E-state index is -0.803. The van der Waals surface area contributed by atoms with E-state index in [-0.39, 0.29) is 12.6 Å². The number of aliphatic hydroxyl groups excluding tert-OH is 1. The Morgan fingerprint density at radius 1 is 1.69 bits per heavy atom. The highest BCUT2D eigenvalue weighted by atomic mass is 32.2. The van der Waals surface area contributed by atoms with Crippen LogP contribution in [0.25, 0.3) is 0 Å². The lowest BCUT2D eigenvalue weighted by Crippen LogP contribution is -2.37. The van der Waals surface area contributed by atoms with E-state index in [0.717, 1.165) is 0 Å². The highest BCUT2D eigenvalue weighted by Crippen LogP contribution is 2.49. The molecular formula is C8H15NO3S. The van der Waals surface area contributed by atoms with Crippen molar-refractivity contribution >= 4 is 17.7 Å². The molecule has 4 nitrogen and oxygen atoms in total. The Morgan fingerprint density at radius 3 is 2.54 bits per heavy atom. The van der Waals surface area contributed by atoms with Gasteiger partial charge in [0.2, 0.25) is 0 Å². The second-order valence-electron chi connectivity index (χ2n) is 4.14. The van der Waals surface area contributed by atoms with Crippen LogP contribution in [-0.4, -0.2) is 33.4 Å². The molecule has 0 radical (unpaired) electrons. The van der Waals surface area contributed by atoms with Gasteiger partial charge in [-0.15, -0.1) is 11.8 Å². The molecule has 2 atom stereocenters. The van der Waals surface area contributed by atoms with Gasteiger partial charge in [-0.25, -0.2) is 0 Å². The fourth-order valence-electron chi connectivity index (χ4n) is 0.908. The van der Waals surface area contributed by atoms with Crippen LogP contribution in [0, 0.1) is 0 Å². The molecule has 5 heteroatoms. The van der Waals surface area contributed by atoms with Crippen LogP contribution in [0.1, 0.15) is 20.8 Å². The summed E-state index contributed by atoms with van der Waals surface area (Å²) in [6.07, 6.45) is 0. The van der Waals surface area contributed by atoms with Gasteiger partial charge in [-0.3, -0.25) is 4.79 Å². The first-order valence-corrected chi connectivity index (χ1v) is 4.97. The van der Waals surface area contributed by atoms with Gasteiger partial charge in [0.05, 0.1) is 6.61 Å². The Balaban J connectivity index is 2.45. The van der Waals surface area contributed by atoms with Crippen LogP contribution in [0.15, 0.2) is 0 Å².